The van der Waals surface area contributed by atoms with E-state index in [-0.39, 0.29) is 0 Å². The molecule has 0 aromatic heterocycles. The molecule has 2 aliphatic heterocycles. The molecule has 4 heteroatoms. The highest BCUT2D eigenvalue weighted by Gasteiger charge is 2.29. The average Bonchev–Trinajstić information content (AvgIpc) is 3.04. The summed E-state index contributed by atoms with van der Waals surface area (Å²) in [5.41, 5.74) is 2.85. The predicted octanol–water partition coefficient (Wildman–Crippen LogP) is 3.36. The molecule has 1 unspecified atom stereocenters. The summed E-state index contributed by atoms with van der Waals surface area (Å²) in [6.07, 6.45) is 5.27. The SMILES string of the molecule is N#Cc1cc(CCl)ccc1N1CCC(N2CCCCC2)C1. The zero-order valence-electron chi connectivity index (χ0n) is 12.4. The molecular formula is C17H22ClN3. The van der Waals surface area contributed by atoms with Gasteiger partial charge in [0.25, 0.3) is 0 Å². The molecular weight excluding hydrogens is 282 g/mol. The zero-order chi connectivity index (χ0) is 14.7. The Hall–Kier alpha value is -1.24. The highest BCUT2D eigenvalue weighted by atomic mass is 35.5. The van der Waals surface area contributed by atoms with E-state index in [0.717, 1.165) is 29.9 Å². The maximum Gasteiger partial charge on any atom is 0.101 e. The predicted molar refractivity (Wildman–Crippen MR) is 86.8 cm³/mol. The van der Waals surface area contributed by atoms with Crippen LogP contribution in [0, 0.1) is 11.3 Å². The molecule has 1 atom stereocenters. The van der Waals surface area contributed by atoms with Gasteiger partial charge in [0, 0.05) is 25.0 Å². The standard InChI is InChI=1S/C17H22ClN3/c18-11-14-4-5-17(15(10-14)12-19)21-9-6-16(13-21)20-7-2-1-3-8-20/h4-5,10,16H,1-3,6-9,11,13H2. The normalized spacial score (nSPS) is 23.2. The van der Waals surface area contributed by atoms with Crippen LogP contribution in [0.5, 0.6) is 0 Å². The second-order valence-electron chi connectivity index (χ2n) is 6.08. The molecule has 0 N–H and O–H groups in total. The summed E-state index contributed by atoms with van der Waals surface area (Å²) in [6, 6.07) is 9.02. The Bertz CT molecular complexity index is 531. The van der Waals surface area contributed by atoms with Crippen LogP contribution >= 0.6 is 11.6 Å². The summed E-state index contributed by atoms with van der Waals surface area (Å²) in [5.74, 6) is 0.464. The number of halogens is 1. The Labute approximate surface area is 132 Å². The van der Waals surface area contributed by atoms with Gasteiger partial charge in [0.2, 0.25) is 0 Å². The molecule has 1 aromatic rings. The van der Waals surface area contributed by atoms with Gasteiger partial charge in [0.1, 0.15) is 6.07 Å². The van der Waals surface area contributed by atoms with E-state index in [2.05, 4.69) is 21.9 Å². The lowest BCUT2D eigenvalue weighted by Crippen LogP contribution is -2.40. The summed E-state index contributed by atoms with van der Waals surface area (Å²) >= 11 is 5.86. The number of nitriles is 1. The molecule has 0 spiro atoms. The monoisotopic (exact) mass is 303 g/mol. The molecule has 0 amide bonds. The Kier molecular flexibility index (Phi) is 4.67. The number of hydrogen-bond donors (Lipinski definition) is 0. The Morgan fingerprint density at radius 3 is 2.71 bits per heavy atom. The quantitative estimate of drug-likeness (QED) is 0.802. The van der Waals surface area contributed by atoms with Crippen molar-refractivity contribution < 1.29 is 0 Å². The molecule has 0 aliphatic carbocycles. The third-order valence-corrected chi connectivity index (χ3v) is 5.06. The maximum atomic E-state index is 9.38. The fourth-order valence-electron chi connectivity index (χ4n) is 3.57. The van der Waals surface area contributed by atoms with Gasteiger partial charge in [0.15, 0.2) is 0 Å². The van der Waals surface area contributed by atoms with Gasteiger partial charge in [-0.1, -0.05) is 12.5 Å². The summed E-state index contributed by atoms with van der Waals surface area (Å²) in [5, 5.41) is 9.38. The number of nitrogens with zero attached hydrogens (tertiary/aromatic N) is 3. The van der Waals surface area contributed by atoms with E-state index in [1.165, 1.54) is 38.8 Å². The van der Waals surface area contributed by atoms with Crippen molar-refractivity contribution in [3.8, 4) is 6.07 Å². The average molecular weight is 304 g/mol. The minimum atomic E-state index is 0.464. The van der Waals surface area contributed by atoms with Crippen LogP contribution in [0.3, 0.4) is 0 Å². The van der Waals surface area contributed by atoms with Crippen LogP contribution in [0.1, 0.15) is 36.8 Å². The second kappa shape index (κ2) is 6.68. The van der Waals surface area contributed by atoms with Crippen LogP contribution in [0.15, 0.2) is 18.2 Å². The number of piperidine rings is 1. The number of hydrogen-bond acceptors (Lipinski definition) is 3. The van der Waals surface area contributed by atoms with Gasteiger partial charge in [-0.05, 0) is 50.0 Å². The minimum absolute atomic E-state index is 0.464. The first-order chi connectivity index (χ1) is 10.3. The summed E-state index contributed by atoms with van der Waals surface area (Å²) in [6.45, 7) is 4.59. The van der Waals surface area contributed by atoms with E-state index in [9.17, 15) is 5.26 Å². The molecule has 1 aromatic carbocycles. The third kappa shape index (κ3) is 3.17. The van der Waals surface area contributed by atoms with Crippen molar-refractivity contribution in [2.75, 3.05) is 31.1 Å². The summed E-state index contributed by atoms with van der Waals surface area (Å²) in [4.78, 5) is 5.01. The number of anilines is 1. The smallest absolute Gasteiger partial charge is 0.101 e. The lowest BCUT2D eigenvalue weighted by Gasteiger charge is -2.32. The van der Waals surface area contributed by atoms with Crippen LogP contribution in [0.2, 0.25) is 0 Å². The van der Waals surface area contributed by atoms with Crippen LogP contribution < -0.4 is 4.90 Å². The lowest BCUT2D eigenvalue weighted by atomic mass is 10.1. The first-order valence-electron chi connectivity index (χ1n) is 7.90. The molecule has 3 rings (SSSR count). The van der Waals surface area contributed by atoms with Gasteiger partial charge in [-0.2, -0.15) is 5.26 Å². The number of rotatable bonds is 3. The molecule has 0 saturated carbocycles. The molecule has 0 bridgehead atoms. The Morgan fingerprint density at radius 1 is 1.19 bits per heavy atom. The molecule has 0 radical (unpaired) electrons. The highest BCUT2D eigenvalue weighted by molar-refractivity contribution is 6.17. The van der Waals surface area contributed by atoms with Crippen molar-refractivity contribution in [2.24, 2.45) is 0 Å². The Balaban J connectivity index is 1.72. The van der Waals surface area contributed by atoms with Crippen molar-refractivity contribution in [1.29, 1.82) is 5.26 Å². The van der Waals surface area contributed by atoms with Crippen molar-refractivity contribution in [3.05, 3.63) is 29.3 Å². The molecule has 2 heterocycles. The van der Waals surface area contributed by atoms with Crippen molar-refractivity contribution in [1.82, 2.24) is 4.90 Å². The first kappa shape index (κ1) is 14.7. The van der Waals surface area contributed by atoms with Crippen LogP contribution in [-0.4, -0.2) is 37.1 Å². The largest absolute Gasteiger partial charge is 0.369 e. The van der Waals surface area contributed by atoms with Crippen molar-refractivity contribution in [2.45, 2.75) is 37.6 Å². The summed E-state index contributed by atoms with van der Waals surface area (Å²) < 4.78 is 0. The first-order valence-corrected chi connectivity index (χ1v) is 8.43. The van der Waals surface area contributed by atoms with Gasteiger partial charge in [-0.25, -0.2) is 0 Å². The topological polar surface area (TPSA) is 30.3 Å². The van der Waals surface area contributed by atoms with E-state index in [4.69, 9.17) is 11.6 Å². The van der Waals surface area contributed by atoms with E-state index in [0.29, 0.717) is 11.9 Å². The third-order valence-electron chi connectivity index (χ3n) is 4.75. The Morgan fingerprint density at radius 2 is 2.00 bits per heavy atom. The minimum Gasteiger partial charge on any atom is -0.369 e. The van der Waals surface area contributed by atoms with Gasteiger partial charge < -0.3 is 4.90 Å². The van der Waals surface area contributed by atoms with Crippen LogP contribution in [-0.2, 0) is 5.88 Å². The number of likely N-dealkylation sites (tertiary alicyclic amines) is 1. The van der Waals surface area contributed by atoms with Crippen molar-refractivity contribution >= 4 is 17.3 Å². The maximum absolute atomic E-state index is 9.38. The highest BCUT2D eigenvalue weighted by Crippen LogP contribution is 2.28. The van der Waals surface area contributed by atoms with Gasteiger partial charge in [-0.3, -0.25) is 4.90 Å². The molecule has 2 aliphatic rings. The van der Waals surface area contributed by atoms with Gasteiger partial charge in [0.05, 0.1) is 11.3 Å². The number of benzene rings is 1. The molecule has 3 nitrogen and oxygen atoms in total. The lowest BCUT2D eigenvalue weighted by molar-refractivity contribution is 0.175. The van der Waals surface area contributed by atoms with Gasteiger partial charge >= 0.3 is 0 Å². The molecule has 112 valence electrons. The fraction of sp³-hybridized carbons (Fsp3) is 0.588. The molecule has 2 fully saturated rings. The number of alkyl halides is 1. The van der Waals surface area contributed by atoms with Crippen LogP contribution in [0.4, 0.5) is 5.69 Å². The summed E-state index contributed by atoms with van der Waals surface area (Å²) in [7, 11) is 0. The van der Waals surface area contributed by atoms with Crippen molar-refractivity contribution in [3.63, 3.8) is 0 Å². The molecule has 2 saturated heterocycles. The van der Waals surface area contributed by atoms with E-state index >= 15 is 0 Å². The van der Waals surface area contributed by atoms with E-state index in [1.54, 1.807) is 0 Å². The van der Waals surface area contributed by atoms with Crippen LogP contribution in [0.25, 0.3) is 0 Å². The van der Waals surface area contributed by atoms with E-state index in [1.807, 2.05) is 12.1 Å². The van der Waals surface area contributed by atoms with Gasteiger partial charge in [-0.15, -0.1) is 11.6 Å². The molecule has 21 heavy (non-hydrogen) atoms. The fourth-order valence-corrected chi connectivity index (χ4v) is 3.74. The van der Waals surface area contributed by atoms with E-state index < -0.39 is 0 Å². The zero-order valence-corrected chi connectivity index (χ0v) is 13.1. The second-order valence-corrected chi connectivity index (χ2v) is 6.35.